The van der Waals surface area contributed by atoms with Crippen LogP contribution in [0.25, 0.3) is 0 Å². The predicted molar refractivity (Wildman–Crippen MR) is 83.5 cm³/mol. The lowest BCUT2D eigenvalue weighted by Gasteiger charge is -2.19. The summed E-state index contributed by atoms with van der Waals surface area (Å²) in [5.41, 5.74) is 4.15. The van der Waals surface area contributed by atoms with E-state index in [2.05, 4.69) is 58.6 Å². The van der Waals surface area contributed by atoms with Crippen molar-refractivity contribution in [2.24, 2.45) is 0 Å². The molecule has 1 aromatic carbocycles. The number of nitrogens with zero attached hydrogens (tertiary/aromatic N) is 2. The van der Waals surface area contributed by atoms with Crippen LogP contribution in [0.3, 0.4) is 0 Å². The van der Waals surface area contributed by atoms with Crippen LogP contribution in [0, 0.1) is 0 Å². The first-order valence-corrected chi connectivity index (χ1v) is 7.08. The van der Waals surface area contributed by atoms with Gasteiger partial charge in [-0.3, -0.25) is 9.88 Å². The lowest BCUT2D eigenvalue weighted by molar-refractivity contribution is 0.318. The fraction of sp³-hybridized carbons (Fsp3) is 0.353. The van der Waals surface area contributed by atoms with Crippen LogP contribution < -0.4 is 5.32 Å². The first-order valence-electron chi connectivity index (χ1n) is 7.08. The fourth-order valence-corrected chi connectivity index (χ4v) is 2.36. The molecule has 0 amide bonds. The largest absolute Gasteiger partial charge is 0.319 e. The van der Waals surface area contributed by atoms with Gasteiger partial charge in [0.25, 0.3) is 0 Å². The molecule has 1 aromatic heterocycles. The first-order chi connectivity index (χ1) is 9.79. The summed E-state index contributed by atoms with van der Waals surface area (Å²) in [5, 5.41) is 3.22. The molecule has 0 bridgehead atoms. The third-order valence-corrected chi connectivity index (χ3v) is 3.40. The summed E-state index contributed by atoms with van der Waals surface area (Å²) in [6.45, 7) is 2.94. The second-order valence-electron chi connectivity index (χ2n) is 5.15. The molecule has 2 aromatic rings. The van der Waals surface area contributed by atoms with E-state index in [1.807, 2.05) is 19.4 Å². The second kappa shape index (κ2) is 7.78. The molecule has 0 spiro atoms. The Hall–Kier alpha value is -1.71. The van der Waals surface area contributed by atoms with Gasteiger partial charge in [-0.1, -0.05) is 24.3 Å². The third-order valence-electron chi connectivity index (χ3n) is 3.40. The molecule has 3 heteroatoms. The molecule has 106 valence electrons. The van der Waals surface area contributed by atoms with Gasteiger partial charge in [-0.2, -0.15) is 0 Å². The van der Waals surface area contributed by atoms with Gasteiger partial charge in [-0.25, -0.2) is 0 Å². The average molecular weight is 269 g/mol. The Morgan fingerprint density at radius 2 is 1.70 bits per heavy atom. The van der Waals surface area contributed by atoms with Gasteiger partial charge in [0.05, 0.1) is 0 Å². The van der Waals surface area contributed by atoms with Gasteiger partial charge in [0.15, 0.2) is 0 Å². The van der Waals surface area contributed by atoms with Gasteiger partial charge >= 0.3 is 0 Å². The fourth-order valence-electron chi connectivity index (χ4n) is 2.36. The van der Waals surface area contributed by atoms with Crippen LogP contribution in [0.1, 0.15) is 16.7 Å². The lowest BCUT2D eigenvalue weighted by Crippen LogP contribution is -2.19. The van der Waals surface area contributed by atoms with Crippen molar-refractivity contribution in [2.45, 2.75) is 19.5 Å². The summed E-state index contributed by atoms with van der Waals surface area (Å²) in [7, 11) is 4.16. The van der Waals surface area contributed by atoms with Crippen molar-refractivity contribution in [1.29, 1.82) is 0 Å². The SMILES string of the molecule is CNCCc1ccccc1CN(C)Cc1ccncc1. The molecule has 2 rings (SSSR count). The van der Waals surface area contributed by atoms with Crippen LogP contribution in [0.15, 0.2) is 48.8 Å². The zero-order chi connectivity index (χ0) is 14.2. The molecule has 0 aliphatic carbocycles. The minimum atomic E-state index is 0.947. The highest BCUT2D eigenvalue weighted by molar-refractivity contribution is 5.27. The quantitative estimate of drug-likeness (QED) is 0.837. The van der Waals surface area contributed by atoms with E-state index in [1.54, 1.807) is 0 Å². The van der Waals surface area contributed by atoms with E-state index in [-0.39, 0.29) is 0 Å². The second-order valence-corrected chi connectivity index (χ2v) is 5.15. The number of hydrogen-bond donors (Lipinski definition) is 1. The Bertz CT molecular complexity index is 511. The van der Waals surface area contributed by atoms with Crippen molar-refractivity contribution in [3.8, 4) is 0 Å². The number of pyridine rings is 1. The van der Waals surface area contributed by atoms with Crippen molar-refractivity contribution in [3.63, 3.8) is 0 Å². The Balaban J connectivity index is 1.98. The van der Waals surface area contributed by atoms with Gasteiger partial charge in [0, 0.05) is 25.5 Å². The highest BCUT2D eigenvalue weighted by atomic mass is 15.1. The number of hydrogen-bond acceptors (Lipinski definition) is 3. The van der Waals surface area contributed by atoms with Gasteiger partial charge in [0.1, 0.15) is 0 Å². The van der Waals surface area contributed by atoms with Crippen LogP contribution in [0.2, 0.25) is 0 Å². The van der Waals surface area contributed by atoms with E-state index in [0.717, 1.165) is 26.1 Å². The third kappa shape index (κ3) is 4.44. The van der Waals surface area contributed by atoms with Crippen molar-refractivity contribution < 1.29 is 0 Å². The summed E-state index contributed by atoms with van der Waals surface area (Å²) in [4.78, 5) is 6.40. The van der Waals surface area contributed by atoms with Crippen molar-refractivity contribution >= 4 is 0 Å². The summed E-state index contributed by atoms with van der Waals surface area (Å²) in [5.74, 6) is 0. The van der Waals surface area contributed by atoms with Gasteiger partial charge in [-0.05, 0) is 55.9 Å². The van der Waals surface area contributed by atoms with Gasteiger partial charge in [-0.15, -0.1) is 0 Å². The van der Waals surface area contributed by atoms with E-state index in [1.165, 1.54) is 16.7 Å². The van der Waals surface area contributed by atoms with Crippen molar-refractivity contribution in [1.82, 2.24) is 15.2 Å². The Morgan fingerprint density at radius 3 is 2.40 bits per heavy atom. The van der Waals surface area contributed by atoms with E-state index in [0.29, 0.717) is 0 Å². The maximum atomic E-state index is 4.06. The molecule has 0 fully saturated rings. The molecule has 0 aliphatic heterocycles. The van der Waals surface area contributed by atoms with E-state index >= 15 is 0 Å². The zero-order valence-electron chi connectivity index (χ0n) is 12.3. The minimum Gasteiger partial charge on any atom is -0.319 e. The lowest BCUT2D eigenvalue weighted by atomic mass is 10.0. The Kier molecular flexibility index (Phi) is 5.71. The molecule has 1 heterocycles. The summed E-state index contributed by atoms with van der Waals surface area (Å²) in [6, 6.07) is 12.9. The maximum absolute atomic E-state index is 4.06. The predicted octanol–water partition coefficient (Wildman–Crippen LogP) is 2.48. The van der Waals surface area contributed by atoms with Gasteiger partial charge in [0.2, 0.25) is 0 Å². The van der Waals surface area contributed by atoms with Crippen LogP contribution >= 0.6 is 0 Å². The summed E-state index contributed by atoms with van der Waals surface area (Å²) >= 11 is 0. The molecule has 20 heavy (non-hydrogen) atoms. The molecule has 3 nitrogen and oxygen atoms in total. The van der Waals surface area contributed by atoms with Crippen molar-refractivity contribution in [3.05, 3.63) is 65.5 Å². The molecule has 0 saturated heterocycles. The highest BCUT2D eigenvalue weighted by Crippen LogP contribution is 2.13. The molecular weight excluding hydrogens is 246 g/mol. The molecule has 0 unspecified atom stereocenters. The number of nitrogens with one attached hydrogen (secondary N) is 1. The number of likely N-dealkylation sites (N-methyl/N-ethyl adjacent to an activating group) is 1. The molecule has 0 radical (unpaired) electrons. The summed E-state index contributed by atoms with van der Waals surface area (Å²) < 4.78 is 0. The molecular formula is C17H23N3. The summed E-state index contributed by atoms with van der Waals surface area (Å²) in [6.07, 6.45) is 4.78. The standard InChI is InChI=1S/C17H23N3/c1-18-10-9-16-5-3-4-6-17(16)14-20(2)13-15-7-11-19-12-8-15/h3-8,11-12,18H,9-10,13-14H2,1-2H3. The van der Waals surface area contributed by atoms with Crippen LogP contribution in [0.5, 0.6) is 0 Å². The molecule has 0 aliphatic rings. The van der Waals surface area contributed by atoms with Crippen LogP contribution in [-0.4, -0.2) is 30.5 Å². The number of aromatic nitrogens is 1. The van der Waals surface area contributed by atoms with Crippen LogP contribution in [0.4, 0.5) is 0 Å². The molecule has 0 atom stereocenters. The molecule has 1 N–H and O–H groups in total. The van der Waals surface area contributed by atoms with Crippen molar-refractivity contribution in [2.75, 3.05) is 20.6 Å². The normalized spacial score (nSPS) is 10.9. The van der Waals surface area contributed by atoms with E-state index in [4.69, 9.17) is 0 Å². The van der Waals surface area contributed by atoms with Crippen LogP contribution in [-0.2, 0) is 19.5 Å². The van der Waals surface area contributed by atoms with E-state index in [9.17, 15) is 0 Å². The number of rotatable bonds is 7. The maximum Gasteiger partial charge on any atom is 0.0271 e. The smallest absolute Gasteiger partial charge is 0.0271 e. The Morgan fingerprint density at radius 1 is 1.00 bits per heavy atom. The van der Waals surface area contributed by atoms with E-state index < -0.39 is 0 Å². The molecule has 0 saturated carbocycles. The number of benzene rings is 1. The van der Waals surface area contributed by atoms with Gasteiger partial charge < -0.3 is 5.32 Å². The topological polar surface area (TPSA) is 28.2 Å². The highest BCUT2D eigenvalue weighted by Gasteiger charge is 2.05. The Labute approximate surface area is 121 Å². The minimum absolute atomic E-state index is 0.947. The zero-order valence-corrected chi connectivity index (χ0v) is 12.3. The average Bonchev–Trinajstić information content (AvgIpc) is 2.47. The monoisotopic (exact) mass is 269 g/mol. The first kappa shape index (κ1) is 14.7.